The summed E-state index contributed by atoms with van der Waals surface area (Å²) in [6.45, 7) is 0. The molecule has 1 aliphatic rings. The number of hydrazine groups is 1. The van der Waals surface area contributed by atoms with Gasteiger partial charge in [0.2, 0.25) is 0 Å². The summed E-state index contributed by atoms with van der Waals surface area (Å²) in [6.07, 6.45) is 1.60. The van der Waals surface area contributed by atoms with Crippen molar-refractivity contribution in [3.8, 4) is 5.75 Å². The van der Waals surface area contributed by atoms with Gasteiger partial charge in [-0.25, -0.2) is 0 Å². The van der Waals surface area contributed by atoms with Gasteiger partial charge in [-0.1, -0.05) is 34.8 Å². The molecule has 1 heterocycles. The summed E-state index contributed by atoms with van der Waals surface area (Å²) < 4.78 is 3.38. The summed E-state index contributed by atoms with van der Waals surface area (Å²) >= 11 is 17.0. The number of nitrogens with zero attached hydrogens (tertiary/aromatic N) is 1. The van der Waals surface area contributed by atoms with Gasteiger partial charge in [0.1, 0.15) is 5.75 Å². The van der Waals surface area contributed by atoms with Gasteiger partial charge in [0, 0.05) is 5.56 Å². The van der Waals surface area contributed by atoms with Gasteiger partial charge in [-0.05, 0) is 29.4 Å². The average Bonchev–Trinajstić information content (AvgIpc) is 2.78. The van der Waals surface area contributed by atoms with E-state index in [1.807, 2.05) is 24.3 Å². The van der Waals surface area contributed by atoms with Crippen molar-refractivity contribution in [3.05, 3.63) is 36.0 Å². The molecule has 0 aromatic heterocycles. The number of ether oxygens (including phenoxy) is 1. The Hall–Kier alpha value is -0.810. The lowest BCUT2D eigenvalue weighted by Crippen LogP contribution is -2.39. The highest BCUT2D eigenvalue weighted by Crippen LogP contribution is 2.34. The Bertz CT molecular complexity index is 428. The fourth-order valence-electron chi connectivity index (χ4n) is 1.28. The van der Waals surface area contributed by atoms with E-state index in [0.717, 1.165) is 16.5 Å². The van der Waals surface area contributed by atoms with E-state index >= 15 is 0 Å². The van der Waals surface area contributed by atoms with Gasteiger partial charge in [-0.3, -0.25) is 5.43 Å². The van der Waals surface area contributed by atoms with Crippen LogP contribution in [0.5, 0.6) is 5.75 Å². The number of rotatable bonds is 2. The number of hydrogen-bond donors (Lipinski definition) is 1. The van der Waals surface area contributed by atoms with Gasteiger partial charge in [-0.15, -0.1) is 0 Å². The highest BCUT2D eigenvalue weighted by molar-refractivity contribution is 6.67. The molecule has 92 valence electrons. The molecule has 0 radical (unpaired) electrons. The minimum Gasteiger partial charge on any atom is -0.497 e. The fourth-order valence-corrected chi connectivity index (χ4v) is 1.53. The Morgan fingerprint density at radius 2 is 1.88 bits per heavy atom. The zero-order chi connectivity index (χ0) is 12.5. The molecule has 0 atom stereocenters. The lowest BCUT2D eigenvalue weighted by atomic mass is 10.2. The fraction of sp³-hybridized carbons (Fsp3) is 0.200. The molecule has 0 saturated carbocycles. The van der Waals surface area contributed by atoms with Crippen LogP contribution in [-0.4, -0.2) is 16.2 Å². The third-order valence-corrected chi connectivity index (χ3v) is 2.57. The zero-order valence-corrected chi connectivity index (χ0v) is 11.1. The molecule has 7 heteroatoms. The van der Waals surface area contributed by atoms with Crippen LogP contribution in [0.2, 0.25) is 0 Å². The lowest BCUT2D eigenvalue weighted by molar-refractivity contribution is -0.105. The molecule has 0 saturated heterocycles. The molecule has 0 unspecified atom stereocenters. The van der Waals surface area contributed by atoms with Crippen LogP contribution in [0.3, 0.4) is 0 Å². The van der Waals surface area contributed by atoms with E-state index in [-0.39, 0.29) is 0 Å². The van der Waals surface area contributed by atoms with Crippen LogP contribution < -0.4 is 10.2 Å². The van der Waals surface area contributed by atoms with Crippen molar-refractivity contribution in [3.63, 3.8) is 0 Å². The first-order chi connectivity index (χ1) is 8.00. The Kier molecular flexibility index (Phi) is 3.58. The molecule has 1 aromatic rings. The van der Waals surface area contributed by atoms with Crippen LogP contribution >= 0.6 is 34.8 Å². The molecule has 2 rings (SSSR count). The second-order valence-electron chi connectivity index (χ2n) is 3.22. The van der Waals surface area contributed by atoms with Crippen LogP contribution in [0, 0.1) is 0 Å². The van der Waals surface area contributed by atoms with Crippen molar-refractivity contribution in [1.29, 1.82) is 0 Å². The van der Waals surface area contributed by atoms with Gasteiger partial charge in [-0.2, -0.15) is 0 Å². The first-order valence-electron chi connectivity index (χ1n) is 4.66. The largest absolute Gasteiger partial charge is 0.497 e. The molecule has 1 N–H and O–H groups in total. The van der Waals surface area contributed by atoms with E-state index in [1.165, 1.54) is 0 Å². The number of halogens is 3. The first kappa shape index (κ1) is 12.6. The zero-order valence-electron chi connectivity index (χ0n) is 8.78. The van der Waals surface area contributed by atoms with Gasteiger partial charge < -0.3 is 9.57 Å². The number of nitrogens with one attached hydrogen (secondary N) is 1. The van der Waals surface area contributed by atoms with Gasteiger partial charge in [0.05, 0.1) is 13.3 Å². The normalized spacial score (nSPS) is 16.1. The SMILES string of the molecule is COc1ccc(C2=CNN(C(Cl)(Cl)Cl)O2)cc1. The van der Waals surface area contributed by atoms with Gasteiger partial charge in [0.15, 0.2) is 5.76 Å². The summed E-state index contributed by atoms with van der Waals surface area (Å²) in [5.41, 5.74) is 3.54. The molecule has 0 aliphatic carbocycles. The third-order valence-electron chi connectivity index (χ3n) is 2.11. The summed E-state index contributed by atoms with van der Waals surface area (Å²) in [6, 6.07) is 7.32. The lowest BCUT2D eigenvalue weighted by Gasteiger charge is -2.22. The van der Waals surface area contributed by atoms with Crippen molar-refractivity contribution < 1.29 is 9.57 Å². The molecule has 4 nitrogen and oxygen atoms in total. The average molecular weight is 296 g/mol. The van der Waals surface area contributed by atoms with Gasteiger partial charge in [0.25, 0.3) is 3.92 Å². The number of benzene rings is 1. The molecular weight excluding hydrogens is 286 g/mol. The second-order valence-corrected chi connectivity index (χ2v) is 5.44. The third kappa shape index (κ3) is 2.90. The summed E-state index contributed by atoms with van der Waals surface area (Å²) in [5.74, 6) is 1.32. The summed E-state index contributed by atoms with van der Waals surface area (Å²) in [5, 5.41) is 1.03. The van der Waals surface area contributed by atoms with E-state index in [1.54, 1.807) is 13.3 Å². The van der Waals surface area contributed by atoms with Crippen LogP contribution in [0.15, 0.2) is 30.5 Å². The van der Waals surface area contributed by atoms with E-state index in [0.29, 0.717) is 5.76 Å². The molecule has 1 aromatic carbocycles. The van der Waals surface area contributed by atoms with Crippen molar-refractivity contribution in [2.45, 2.75) is 3.92 Å². The van der Waals surface area contributed by atoms with E-state index in [4.69, 9.17) is 44.4 Å². The summed E-state index contributed by atoms with van der Waals surface area (Å²) in [7, 11) is 1.60. The number of hydroxylamine groups is 1. The van der Waals surface area contributed by atoms with Gasteiger partial charge >= 0.3 is 0 Å². The van der Waals surface area contributed by atoms with E-state index in [9.17, 15) is 0 Å². The smallest absolute Gasteiger partial charge is 0.299 e. The highest BCUT2D eigenvalue weighted by Gasteiger charge is 2.35. The van der Waals surface area contributed by atoms with E-state index < -0.39 is 3.92 Å². The molecule has 1 aliphatic heterocycles. The second kappa shape index (κ2) is 4.82. The first-order valence-corrected chi connectivity index (χ1v) is 5.80. The Morgan fingerprint density at radius 1 is 1.24 bits per heavy atom. The number of alkyl halides is 3. The molecule has 0 bridgehead atoms. The quantitative estimate of drug-likeness (QED) is 0.671. The van der Waals surface area contributed by atoms with Crippen LogP contribution in [0.25, 0.3) is 5.76 Å². The maximum atomic E-state index is 5.66. The van der Waals surface area contributed by atoms with Crippen LogP contribution in [0.1, 0.15) is 5.56 Å². The number of hydrogen-bond acceptors (Lipinski definition) is 4. The van der Waals surface area contributed by atoms with Crippen LogP contribution in [0.4, 0.5) is 0 Å². The predicted octanol–water partition coefficient (Wildman–Crippen LogP) is 3.07. The topological polar surface area (TPSA) is 33.7 Å². The highest BCUT2D eigenvalue weighted by atomic mass is 35.6. The monoisotopic (exact) mass is 294 g/mol. The Labute approximate surface area is 114 Å². The van der Waals surface area contributed by atoms with Crippen molar-refractivity contribution in [2.75, 3.05) is 7.11 Å². The van der Waals surface area contributed by atoms with E-state index in [2.05, 4.69) is 5.43 Å². The number of methoxy groups -OCH3 is 1. The maximum absolute atomic E-state index is 5.66. The minimum atomic E-state index is -1.68. The molecule has 0 spiro atoms. The Balaban J connectivity index is 2.09. The summed E-state index contributed by atoms with van der Waals surface area (Å²) in [4.78, 5) is 5.33. The van der Waals surface area contributed by atoms with Crippen molar-refractivity contribution in [1.82, 2.24) is 10.6 Å². The van der Waals surface area contributed by atoms with Crippen molar-refractivity contribution in [2.24, 2.45) is 0 Å². The van der Waals surface area contributed by atoms with Crippen LogP contribution in [-0.2, 0) is 4.84 Å². The Morgan fingerprint density at radius 3 is 2.35 bits per heavy atom. The molecular formula is C10H9Cl3N2O2. The molecule has 0 amide bonds. The minimum absolute atomic E-state index is 0.555. The maximum Gasteiger partial charge on any atom is 0.299 e. The van der Waals surface area contributed by atoms with Crippen molar-refractivity contribution >= 4 is 40.6 Å². The standard InChI is InChI=1S/C10H9Cl3N2O2/c1-16-8-4-2-7(3-5-8)9-6-14-15(17-9)10(11,12)13/h2-6,14H,1H3. The molecule has 17 heavy (non-hydrogen) atoms. The molecule has 0 fully saturated rings. The predicted molar refractivity (Wildman–Crippen MR) is 67.3 cm³/mol.